The minimum absolute atomic E-state index is 0.226. The SMILES string of the molecule is CON1CCC(c2ccc(F)cc2)(c2ccc(F)cc2)CC1. The van der Waals surface area contributed by atoms with Gasteiger partial charge in [0, 0.05) is 18.5 Å². The van der Waals surface area contributed by atoms with Crippen molar-refractivity contribution in [2.75, 3.05) is 20.2 Å². The third kappa shape index (κ3) is 2.76. The van der Waals surface area contributed by atoms with Crippen molar-refractivity contribution < 1.29 is 13.6 Å². The van der Waals surface area contributed by atoms with Gasteiger partial charge < -0.3 is 4.84 Å². The highest BCUT2D eigenvalue weighted by molar-refractivity contribution is 5.40. The summed E-state index contributed by atoms with van der Waals surface area (Å²) in [5, 5.41) is 1.92. The Hall–Kier alpha value is -1.78. The Bertz CT molecular complexity index is 569. The second-order valence-corrected chi connectivity index (χ2v) is 5.71. The molecule has 1 heterocycles. The quantitative estimate of drug-likeness (QED) is 0.852. The number of rotatable bonds is 3. The summed E-state index contributed by atoms with van der Waals surface area (Å²) >= 11 is 0. The number of halogens is 2. The monoisotopic (exact) mass is 303 g/mol. The van der Waals surface area contributed by atoms with Crippen LogP contribution in [0.4, 0.5) is 8.78 Å². The van der Waals surface area contributed by atoms with Crippen LogP contribution in [0.3, 0.4) is 0 Å². The summed E-state index contributed by atoms with van der Waals surface area (Å²) in [5.41, 5.74) is 1.91. The molecule has 2 aromatic rings. The fraction of sp³-hybridized carbons (Fsp3) is 0.333. The predicted octanol–water partition coefficient (Wildman–Crippen LogP) is 3.91. The van der Waals surface area contributed by atoms with Crippen LogP contribution in [0.15, 0.2) is 48.5 Å². The van der Waals surface area contributed by atoms with Crippen LogP contribution < -0.4 is 0 Å². The van der Waals surface area contributed by atoms with Gasteiger partial charge in [0.15, 0.2) is 0 Å². The molecule has 0 radical (unpaired) electrons. The molecule has 0 aromatic heterocycles. The lowest BCUT2D eigenvalue weighted by molar-refractivity contribution is -0.148. The first kappa shape index (κ1) is 15.1. The van der Waals surface area contributed by atoms with Crippen LogP contribution in [0.1, 0.15) is 24.0 Å². The highest BCUT2D eigenvalue weighted by Gasteiger charge is 2.38. The zero-order valence-corrected chi connectivity index (χ0v) is 12.6. The topological polar surface area (TPSA) is 12.5 Å². The first-order valence-electron chi connectivity index (χ1n) is 7.45. The van der Waals surface area contributed by atoms with Gasteiger partial charge in [0.1, 0.15) is 11.6 Å². The van der Waals surface area contributed by atoms with Gasteiger partial charge in [-0.2, -0.15) is 5.06 Å². The van der Waals surface area contributed by atoms with Crippen molar-refractivity contribution in [2.24, 2.45) is 0 Å². The molecule has 0 bridgehead atoms. The van der Waals surface area contributed by atoms with E-state index in [1.54, 1.807) is 7.11 Å². The molecule has 1 saturated heterocycles. The molecule has 0 unspecified atom stereocenters. The van der Waals surface area contributed by atoms with Gasteiger partial charge in [0.05, 0.1) is 7.11 Å². The van der Waals surface area contributed by atoms with Crippen molar-refractivity contribution >= 4 is 0 Å². The summed E-state index contributed by atoms with van der Waals surface area (Å²) in [5.74, 6) is -0.486. The van der Waals surface area contributed by atoms with E-state index >= 15 is 0 Å². The Morgan fingerprint density at radius 2 is 1.23 bits per heavy atom. The molecule has 0 aliphatic carbocycles. The standard InChI is InChI=1S/C18H19F2NO/c1-22-21-12-10-18(11-13-21,14-2-6-16(19)7-3-14)15-4-8-17(20)9-5-15/h2-9H,10-13H2,1H3. The largest absolute Gasteiger partial charge is 0.302 e. The van der Waals surface area contributed by atoms with E-state index in [-0.39, 0.29) is 17.0 Å². The van der Waals surface area contributed by atoms with Crippen molar-refractivity contribution in [2.45, 2.75) is 18.3 Å². The molecule has 2 aromatic carbocycles. The minimum atomic E-state index is -0.243. The molecule has 4 heteroatoms. The lowest BCUT2D eigenvalue weighted by Crippen LogP contribution is -2.42. The summed E-state index contributed by atoms with van der Waals surface area (Å²) in [4.78, 5) is 5.31. The van der Waals surface area contributed by atoms with Gasteiger partial charge in [-0.15, -0.1) is 0 Å². The molecule has 1 aliphatic heterocycles. The van der Waals surface area contributed by atoms with E-state index in [4.69, 9.17) is 4.84 Å². The molecule has 1 fully saturated rings. The normalized spacial score (nSPS) is 18.3. The zero-order chi connectivity index (χ0) is 15.6. The summed E-state index contributed by atoms with van der Waals surface area (Å²) in [6.45, 7) is 1.57. The summed E-state index contributed by atoms with van der Waals surface area (Å²) in [6, 6.07) is 13.3. The Kier molecular flexibility index (Phi) is 4.23. The van der Waals surface area contributed by atoms with Crippen LogP contribution in [0.25, 0.3) is 0 Å². The maximum absolute atomic E-state index is 13.3. The smallest absolute Gasteiger partial charge is 0.123 e. The van der Waals surface area contributed by atoms with E-state index < -0.39 is 0 Å². The van der Waals surface area contributed by atoms with Crippen LogP contribution in [0.2, 0.25) is 0 Å². The van der Waals surface area contributed by atoms with Gasteiger partial charge >= 0.3 is 0 Å². The fourth-order valence-electron chi connectivity index (χ4n) is 3.33. The Morgan fingerprint density at radius 1 is 0.818 bits per heavy atom. The van der Waals surface area contributed by atoms with E-state index in [9.17, 15) is 8.78 Å². The molecule has 0 N–H and O–H groups in total. The number of piperidine rings is 1. The highest BCUT2D eigenvalue weighted by atomic mass is 19.1. The molecule has 0 spiro atoms. The summed E-state index contributed by atoms with van der Waals surface area (Å²) in [7, 11) is 1.67. The number of hydrogen-bond donors (Lipinski definition) is 0. The van der Waals surface area contributed by atoms with Crippen molar-refractivity contribution in [3.05, 3.63) is 71.3 Å². The predicted molar refractivity (Wildman–Crippen MR) is 81.4 cm³/mol. The van der Waals surface area contributed by atoms with Crippen molar-refractivity contribution in [3.8, 4) is 0 Å². The number of nitrogens with zero attached hydrogens (tertiary/aromatic N) is 1. The van der Waals surface area contributed by atoms with E-state index in [2.05, 4.69) is 0 Å². The van der Waals surface area contributed by atoms with E-state index in [0.29, 0.717) is 0 Å². The lowest BCUT2D eigenvalue weighted by atomic mass is 9.68. The molecule has 2 nitrogen and oxygen atoms in total. The highest BCUT2D eigenvalue weighted by Crippen LogP contribution is 2.41. The number of benzene rings is 2. The second kappa shape index (κ2) is 6.15. The molecular weight excluding hydrogens is 284 g/mol. The third-order valence-corrected chi connectivity index (χ3v) is 4.63. The van der Waals surface area contributed by atoms with Crippen LogP contribution >= 0.6 is 0 Å². The van der Waals surface area contributed by atoms with Gasteiger partial charge in [0.25, 0.3) is 0 Å². The Balaban J connectivity index is 2.02. The van der Waals surface area contributed by atoms with Gasteiger partial charge in [-0.3, -0.25) is 0 Å². The molecule has 3 rings (SSSR count). The molecule has 0 amide bonds. The van der Waals surface area contributed by atoms with Crippen molar-refractivity contribution in [1.29, 1.82) is 0 Å². The van der Waals surface area contributed by atoms with Crippen molar-refractivity contribution in [1.82, 2.24) is 5.06 Å². The average Bonchev–Trinajstić information content (AvgIpc) is 2.56. The van der Waals surface area contributed by atoms with Crippen molar-refractivity contribution in [3.63, 3.8) is 0 Å². The first-order chi connectivity index (χ1) is 10.6. The van der Waals surface area contributed by atoms with Crippen LogP contribution in [-0.4, -0.2) is 25.3 Å². The zero-order valence-electron chi connectivity index (χ0n) is 12.6. The van der Waals surface area contributed by atoms with Gasteiger partial charge in [0.2, 0.25) is 0 Å². The van der Waals surface area contributed by atoms with E-state index in [1.165, 1.54) is 24.3 Å². The molecule has 1 aliphatic rings. The van der Waals surface area contributed by atoms with E-state index in [1.807, 2.05) is 29.3 Å². The van der Waals surface area contributed by atoms with Gasteiger partial charge in [-0.05, 0) is 48.2 Å². The maximum atomic E-state index is 13.3. The number of hydrogen-bond acceptors (Lipinski definition) is 2. The van der Waals surface area contributed by atoms with Gasteiger partial charge in [-0.25, -0.2) is 8.78 Å². The van der Waals surface area contributed by atoms with Crippen LogP contribution in [-0.2, 0) is 10.3 Å². The molecule has 0 atom stereocenters. The molecule has 0 saturated carbocycles. The fourth-order valence-corrected chi connectivity index (χ4v) is 3.33. The molecular formula is C18H19F2NO. The third-order valence-electron chi connectivity index (χ3n) is 4.63. The summed E-state index contributed by atoms with van der Waals surface area (Å²) < 4.78 is 26.5. The second-order valence-electron chi connectivity index (χ2n) is 5.71. The van der Waals surface area contributed by atoms with Gasteiger partial charge in [-0.1, -0.05) is 24.3 Å². The molecule has 22 heavy (non-hydrogen) atoms. The first-order valence-corrected chi connectivity index (χ1v) is 7.45. The lowest BCUT2D eigenvalue weighted by Gasteiger charge is -2.42. The van der Waals surface area contributed by atoms with Crippen LogP contribution in [0, 0.1) is 11.6 Å². The average molecular weight is 303 g/mol. The minimum Gasteiger partial charge on any atom is -0.302 e. The van der Waals surface area contributed by atoms with E-state index in [0.717, 1.165) is 37.1 Å². The Labute approximate surface area is 129 Å². The maximum Gasteiger partial charge on any atom is 0.123 e. The Morgan fingerprint density at radius 3 is 1.59 bits per heavy atom. The molecule has 116 valence electrons. The van der Waals surface area contributed by atoms with Crippen LogP contribution in [0.5, 0.6) is 0 Å². The number of hydroxylamine groups is 2. The summed E-state index contributed by atoms with van der Waals surface area (Å²) in [6.07, 6.45) is 1.69.